The van der Waals surface area contributed by atoms with Crippen molar-refractivity contribution in [2.75, 3.05) is 33.2 Å². The summed E-state index contributed by atoms with van der Waals surface area (Å²) in [6.45, 7) is 12.1. The van der Waals surface area contributed by atoms with Crippen LogP contribution in [0, 0.1) is 11.3 Å². The summed E-state index contributed by atoms with van der Waals surface area (Å²) in [5.41, 5.74) is -0.290. The smallest absolute Gasteiger partial charge is 0.103 e. The maximum Gasteiger partial charge on any atom is 0.103 e. The van der Waals surface area contributed by atoms with Gasteiger partial charge in [-0.05, 0) is 20.9 Å². The van der Waals surface area contributed by atoms with Gasteiger partial charge in [0.15, 0.2) is 0 Å². The monoisotopic (exact) mass is 197 g/mol. The van der Waals surface area contributed by atoms with Gasteiger partial charge in [-0.2, -0.15) is 5.26 Å². The summed E-state index contributed by atoms with van der Waals surface area (Å²) in [5.74, 6) is 0. The van der Waals surface area contributed by atoms with E-state index in [1.165, 1.54) is 0 Å². The lowest BCUT2D eigenvalue weighted by molar-refractivity contribution is 0.0935. The molecule has 0 aliphatic carbocycles. The van der Waals surface area contributed by atoms with Crippen LogP contribution < -0.4 is 0 Å². The zero-order valence-corrected chi connectivity index (χ0v) is 10.2. The highest BCUT2D eigenvalue weighted by atomic mass is 15.3. The fourth-order valence-electron chi connectivity index (χ4n) is 1.44. The van der Waals surface area contributed by atoms with E-state index in [1.54, 1.807) is 0 Å². The van der Waals surface area contributed by atoms with Crippen LogP contribution in [-0.2, 0) is 0 Å². The maximum atomic E-state index is 8.91. The van der Waals surface area contributed by atoms with Gasteiger partial charge in [0, 0.05) is 26.2 Å². The molecule has 0 atom stereocenters. The van der Waals surface area contributed by atoms with Crippen LogP contribution in [0.2, 0.25) is 0 Å². The van der Waals surface area contributed by atoms with E-state index in [-0.39, 0.29) is 5.54 Å². The summed E-state index contributed by atoms with van der Waals surface area (Å²) in [6, 6.07) is 2.33. The second-order valence-electron chi connectivity index (χ2n) is 3.96. The molecule has 1 saturated heterocycles. The molecule has 14 heavy (non-hydrogen) atoms. The summed E-state index contributed by atoms with van der Waals surface area (Å²) in [4.78, 5) is 4.54. The molecule has 1 heterocycles. The van der Waals surface area contributed by atoms with Crippen molar-refractivity contribution in [3.05, 3.63) is 0 Å². The van der Waals surface area contributed by atoms with E-state index in [2.05, 4.69) is 22.9 Å². The Balaban J connectivity index is 0.000000791. The van der Waals surface area contributed by atoms with Crippen molar-refractivity contribution in [3.63, 3.8) is 0 Å². The van der Waals surface area contributed by atoms with Gasteiger partial charge in [-0.25, -0.2) is 0 Å². The molecular weight excluding hydrogens is 174 g/mol. The van der Waals surface area contributed by atoms with Crippen LogP contribution >= 0.6 is 0 Å². The first-order valence-electron chi connectivity index (χ1n) is 5.41. The van der Waals surface area contributed by atoms with Crippen LogP contribution in [0.15, 0.2) is 0 Å². The molecule has 1 rings (SSSR count). The van der Waals surface area contributed by atoms with Crippen molar-refractivity contribution >= 4 is 0 Å². The summed E-state index contributed by atoms with van der Waals surface area (Å²) in [6.07, 6.45) is 0. The Morgan fingerprint density at radius 3 is 1.86 bits per heavy atom. The molecule has 1 aliphatic rings. The third-order valence-corrected chi connectivity index (χ3v) is 2.57. The molecule has 1 aliphatic heterocycles. The molecule has 0 aromatic rings. The minimum atomic E-state index is -0.290. The number of piperazine rings is 1. The zero-order valence-electron chi connectivity index (χ0n) is 10.2. The molecule has 0 bridgehead atoms. The number of nitrogens with zero attached hydrogens (tertiary/aromatic N) is 3. The van der Waals surface area contributed by atoms with Crippen LogP contribution in [0.5, 0.6) is 0 Å². The molecule has 0 unspecified atom stereocenters. The van der Waals surface area contributed by atoms with Gasteiger partial charge >= 0.3 is 0 Å². The molecule has 0 radical (unpaired) electrons. The fourth-order valence-corrected chi connectivity index (χ4v) is 1.44. The standard InChI is InChI=1S/C9H17N3.C2H6/c1-9(2,8-10)12-6-4-11(3)5-7-12;1-2/h4-7H2,1-3H3;1-2H3. The summed E-state index contributed by atoms with van der Waals surface area (Å²) < 4.78 is 0. The highest BCUT2D eigenvalue weighted by molar-refractivity contribution is 5.02. The first-order valence-corrected chi connectivity index (χ1v) is 5.41. The van der Waals surface area contributed by atoms with E-state index in [0.717, 1.165) is 26.2 Å². The highest BCUT2D eigenvalue weighted by Crippen LogP contribution is 2.14. The van der Waals surface area contributed by atoms with E-state index < -0.39 is 0 Å². The van der Waals surface area contributed by atoms with Gasteiger partial charge in [0.05, 0.1) is 6.07 Å². The van der Waals surface area contributed by atoms with Gasteiger partial charge in [0.2, 0.25) is 0 Å². The second-order valence-corrected chi connectivity index (χ2v) is 3.96. The summed E-state index contributed by atoms with van der Waals surface area (Å²) in [5, 5.41) is 8.91. The van der Waals surface area contributed by atoms with Gasteiger partial charge in [-0.15, -0.1) is 0 Å². The second kappa shape index (κ2) is 6.00. The Labute approximate surface area is 88.3 Å². The van der Waals surface area contributed by atoms with Gasteiger partial charge in [0.1, 0.15) is 5.54 Å². The number of nitriles is 1. The van der Waals surface area contributed by atoms with Crippen LogP contribution in [-0.4, -0.2) is 48.6 Å². The molecule has 0 amide bonds. The predicted molar refractivity (Wildman–Crippen MR) is 60.1 cm³/mol. The van der Waals surface area contributed by atoms with Gasteiger partial charge in [-0.1, -0.05) is 13.8 Å². The number of hydrogen-bond acceptors (Lipinski definition) is 3. The van der Waals surface area contributed by atoms with Crippen molar-refractivity contribution in [2.45, 2.75) is 33.2 Å². The molecule has 3 nitrogen and oxygen atoms in total. The normalized spacial score (nSPS) is 19.4. The number of likely N-dealkylation sites (N-methyl/N-ethyl adjacent to an activating group) is 1. The van der Waals surface area contributed by atoms with E-state index in [1.807, 2.05) is 27.7 Å². The Morgan fingerprint density at radius 2 is 1.50 bits per heavy atom. The van der Waals surface area contributed by atoms with Crippen LogP contribution in [0.1, 0.15) is 27.7 Å². The van der Waals surface area contributed by atoms with E-state index in [0.29, 0.717) is 0 Å². The Kier molecular flexibility index (Phi) is 5.75. The molecule has 0 saturated carbocycles. The molecular formula is C11H23N3. The van der Waals surface area contributed by atoms with Crippen molar-refractivity contribution in [3.8, 4) is 6.07 Å². The molecule has 0 aromatic carbocycles. The minimum absolute atomic E-state index is 0.290. The molecule has 0 spiro atoms. The predicted octanol–water partition coefficient (Wildman–Crippen LogP) is 1.56. The maximum absolute atomic E-state index is 8.91. The molecule has 3 heteroatoms. The lowest BCUT2D eigenvalue weighted by atomic mass is 10.0. The van der Waals surface area contributed by atoms with Gasteiger partial charge < -0.3 is 4.90 Å². The highest BCUT2D eigenvalue weighted by Gasteiger charge is 2.28. The van der Waals surface area contributed by atoms with Crippen LogP contribution in [0.25, 0.3) is 0 Å². The van der Waals surface area contributed by atoms with Crippen molar-refractivity contribution < 1.29 is 0 Å². The van der Waals surface area contributed by atoms with E-state index in [9.17, 15) is 0 Å². The van der Waals surface area contributed by atoms with Crippen LogP contribution in [0.4, 0.5) is 0 Å². The first-order chi connectivity index (χ1) is 6.56. The third-order valence-electron chi connectivity index (χ3n) is 2.57. The Bertz CT molecular complexity index is 185. The van der Waals surface area contributed by atoms with Crippen molar-refractivity contribution in [1.82, 2.24) is 9.80 Å². The third kappa shape index (κ3) is 3.65. The van der Waals surface area contributed by atoms with Crippen molar-refractivity contribution in [1.29, 1.82) is 5.26 Å². The quantitative estimate of drug-likeness (QED) is 0.639. The SMILES string of the molecule is CC.CN1CCN(C(C)(C)C#N)CC1. The van der Waals surface area contributed by atoms with Crippen molar-refractivity contribution in [2.24, 2.45) is 0 Å². The number of rotatable bonds is 1. The molecule has 0 N–H and O–H groups in total. The van der Waals surface area contributed by atoms with E-state index in [4.69, 9.17) is 5.26 Å². The molecule has 82 valence electrons. The average molecular weight is 197 g/mol. The van der Waals surface area contributed by atoms with E-state index >= 15 is 0 Å². The Hall–Kier alpha value is -0.590. The van der Waals surface area contributed by atoms with Crippen LogP contribution in [0.3, 0.4) is 0 Å². The molecule has 1 fully saturated rings. The fraction of sp³-hybridized carbons (Fsp3) is 0.909. The molecule has 0 aromatic heterocycles. The topological polar surface area (TPSA) is 30.3 Å². The van der Waals surface area contributed by atoms with Gasteiger partial charge in [0.25, 0.3) is 0 Å². The first kappa shape index (κ1) is 13.4. The lowest BCUT2D eigenvalue weighted by Crippen LogP contribution is -2.53. The Morgan fingerprint density at radius 1 is 1.07 bits per heavy atom. The van der Waals surface area contributed by atoms with Gasteiger partial charge in [-0.3, -0.25) is 4.90 Å². The largest absolute Gasteiger partial charge is 0.304 e. The summed E-state index contributed by atoms with van der Waals surface area (Å²) in [7, 11) is 2.12. The minimum Gasteiger partial charge on any atom is -0.304 e. The summed E-state index contributed by atoms with van der Waals surface area (Å²) >= 11 is 0. The number of hydrogen-bond donors (Lipinski definition) is 0. The average Bonchev–Trinajstić information content (AvgIpc) is 2.21. The lowest BCUT2D eigenvalue weighted by Gasteiger charge is -2.39. The zero-order chi connectivity index (χ0) is 11.2.